The first kappa shape index (κ1) is 6.63. The van der Waals surface area contributed by atoms with E-state index >= 15 is 0 Å². The van der Waals surface area contributed by atoms with Crippen LogP contribution < -0.4 is 0 Å². The Morgan fingerprint density at radius 2 is 1.42 bits per heavy atom. The number of benzene rings is 1. The monoisotopic (exact) mass is 162 g/mol. The summed E-state index contributed by atoms with van der Waals surface area (Å²) in [5, 5.41) is 0. The Kier molecular flexibility index (Phi) is 1.28. The van der Waals surface area contributed by atoms with Crippen LogP contribution in [0.15, 0.2) is 24.3 Å². The quantitative estimate of drug-likeness (QED) is 0.538. The Morgan fingerprint density at radius 3 is 1.83 bits per heavy atom. The summed E-state index contributed by atoms with van der Waals surface area (Å²) in [7, 11) is 0. The van der Waals surface area contributed by atoms with Crippen LogP contribution in [0.25, 0.3) is 0 Å². The molecule has 1 heterocycles. The van der Waals surface area contributed by atoms with Crippen LogP contribution in [0.5, 0.6) is 0 Å². The zero-order valence-electron chi connectivity index (χ0n) is 6.69. The molecule has 0 radical (unpaired) electrons. The van der Waals surface area contributed by atoms with Gasteiger partial charge in [0.2, 0.25) is 0 Å². The molecule has 62 valence electrons. The van der Waals surface area contributed by atoms with Crippen molar-refractivity contribution >= 4 is 0 Å². The lowest BCUT2D eigenvalue weighted by Gasteiger charge is -2.39. The first-order chi connectivity index (χ1) is 5.93. The van der Waals surface area contributed by atoms with Crippen LogP contribution in [0.3, 0.4) is 0 Å². The van der Waals surface area contributed by atoms with E-state index in [9.17, 15) is 0 Å². The van der Waals surface area contributed by atoms with E-state index in [-0.39, 0.29) is 0 Å². The fourth-order valence-electron chi connectivity index (χ4n) is 1.93. The maximum atomic E-state index is 4.99. The maximum absolute atomic E-state index is 4.99. The molecule has 1 aromatic rings. The summed E-state index contributed by atoms with van der Waals surface area (Å²) >= 11 is 0. The van der Waals surface area contributed by atoms with Crippen molar-refractivity contribution in [1.82, 2.24) is 0 Å². The molecule has 0 aromatic heterocycles. The van der Waals surface area contributed by atoms with E-state index in [1.807, 2.05) is 0 Å². The van der Waals surface area contributed by atoms with Gasteiger partial charge < -0.3 is 0 Å². The summed E-state index contributed by atoms with van der Waals surface area (Å²) in [6, 6.07) is 8.51. The van der Waals surface area contributed by atoms with E-state index in [2.05, 4.69) is 24.3 Å². The highest BCUT2D eigenvalue weighted by Crippen LogP contribution is 2.31. The molecular weight excluding hydrogens is 152 g/mol. The molecule has 2 heteroatoms. The average molecular weight is 162 g/mol. The molecule has 0 N–H and O–H groups in total. The summed E-state index contributed by atoms with van der Waals surface area (Å²) in [6.07, 6.45) is 2.67. The first-order valence-electron chi connectivity index (χ1n) is 4.32. The third-order valence-corrected chi connectivity index (χ3v) is 2.68. The van der Waals surface area contributed by atoms with Gasteiger partial charge in [-0.25, -0.2) is 9.78 Å². The second-order valence-corrected chi connectivity index (χ2v) is 3.45. The minimum absolute atomic E-state index is 0.319. The average Bonchev–Trinajstić information content (AvgIpc) is 2.09. The van der Waals surface area contributed by atoms with E-state index in [1.165, 1.54) is 11.1 Å². The van der Waals surface area contributed by atoms with Crippen LogP contribution in [0, 0.1) is 0 Å². The van der Waals surface area contributed by atoms with Crippen molar-refractivity contribution in [3.63, 3.8) is 0 Å². The molecule has 0 saturated carbocycles. The Hall–Kier alpha value is -0.860. The fourth-order valence-corrected chi connectivity index (χ4v) is 1.93. The van der Waals surface area contributed by atoms with E-state index in [0.29, 0.717) is 12.2 Å². The molecule has 1 saturated heterocycles. The fraction of sp³-hybridized carbons (Fsp3) is 0.400. The Labute approximate surface area is 71.0 Å². The van der Waals surface area contributed by atoms with Gasteiger partial charge in [-0.3, -0.25) is 0 Å². The van der Waals surface area contributed by atoms with E-state index in [0.717, 1.165) is 12.8 Å². The third kappa shape index (κ3) is 0.822. The molecular formula is C10H10O2. The van der Waals surface area contributed by atoms with Crippen LogP contribution >= 0.6 is 0 Å². The van der Waals surface area contributed by atoms with Crippen molar-refractivity contribution < 1.29 is 9.78 Å². The highest BCUT2D eigenvalue weighted by atomic mass is 17.2. The van der Waals surface area contributed by atoms with Gasteiger partial charge >= 0.3 is 0 Å². The van der Waals surface area contributed by atoms with Gasteiger partial charge in [0.15, 0.2) is 0 Å². The molecule has 2 aliphatic rings. The minimum atomic E-state index is 0.319. The van der Waals surface area contributed by atoms with Crippen molar-refractivity contribution in [3.05, 3.63) is 35.4 Å². The largest absolute Gasteiger partial charge is 0.230 e. The molecule has 3 rings (SSSR count). The molecule has 2 nitrogen and oxygen atoms in total. The molecule has 0 spiro atoms. The van der Waals surface area contributed by atoms with Crippen LogP contribution in [-0.2, 0) is 22.6 Å². The van der Waals surface area contributed by atoms with Crippen LogP contribution in [0.4, 0.5) is 0 Å². The zero-order chi connectivity index (χ0) is 7.97. The normalized spacial score (nSPS) is 31.7. The molecule has 0 unspecified atom stereocenters. The number of hydrogen-bond donors (Lipinski definition) is 0. The number of fused-ring (bicyclic) bond motifs is 2. The van der Waals surface area contributed by atoms with Crippen LogP contribution in [0.2, 0.25) is 0 Å². The van der Waals surface area contributed by atoms with E-state index in [4.69, 9.17) is 9.78 Å². The van der Waals surface area contributed by atoms with Gasteiger partial charge in [-0.05, 0) is 11.1 Å². The predicted molar refractivity (Wildman–Crippen MR) is 43.6 cm³/mol. The van der Waals surface area contributed by atoms with E-state index in [1.54, 1.807) is 0 Å². The second-order valence-electron chi connectivity index (χ2n) is 3.45. The van der Waals surface area contributed by atoms with Gasteiger partial charge in [0, 0.05) is 12.8 Å². The molecule has 1 aliphatic carbocycles. The SMILES string of the molecule is c1ccc2c(c1)C[C@@H]1OO[C@@H]1C2. The molecule has 1 aliphatic heterocycles. The molecule has 1 aromatic carbocycles. The highest BCUT2D eigenvalue weighted by Gasteiger charge is 2.38. The standard InChI is InChI=1S/C10H10O2/c1-2-4-8-6-10-9(11-12-10)5-7(8)3-1/h1-4,9-10H,5-6H2/t9-,10+. The Balaban J connectivity index is 2.00. The zero-order valence-corrected chi connectivity index (χ0v) is 6.69. The van der Waals surface area contributed by atoms with Crippen molar-refractivity contribution in [2.75, 3.05) is 0 Å². The van der Waals surface area contributed by atoms with Gasteiger partial charge in [0.05, 0.1) is 0 Å². The topological polar surface area (TPSA) is 18.5 Å². The molecule has 12 heavy (non-hydrogen) atoms. The summed E-state index contributed by atoms with van der Waals surface area (Å²) < 4.78 is 0. The van der Waals surface area contributed by atoms with Gasteiger partial charge in [-0.2, -0.15) is 0 Å². The van der Waals surface area contributed by atoms with Gasteiger partial charge in [-0.15, -0.1) is 0 Å². The van der Waals surface area contributed by atoms with Crippen molar-refractivity contribution in [2.45, 2.75) is 25.0 Å². The summed E-state index contributed by atoms with van der Waals surface area (Å²) in [4.78, 5) is 9.98. The van der Waals surface area contributed by atoms with Gasteiger partial charge in [0.1, 0.15) is 12.2 Å². The summed E-state index contributed by atoms with van der Waals surface area (Å²) in [5.74, 6) is 0. The molecule has 1 fully saturated rings. The summed E-state index contributed by atoms with van der Waals surface area (Å²) in [6.45, 7) is 0. The van der Waals surface area contributed by atoms with Gasteiger partial charge in [0.25, 0.3) is 0 Å². The second kappa shape index (κ2) is 2.31. The third-order valence-electron chi connectivity index (χ3n) is 2.68. The summed E-state index contributed by atoms with van der Waals surface area (Å²) in [5.41, 5.74) is 2.84. The lowest BCUT2D eigenvalue weighted by atomic mass is 9.87. The highest BCUT2D eigenvalue weighted by molar-refractivity contribution is 5.31. The molecule has 0 amide bonds. The van der Waals surface area contributed by atoms with Crippen molar-refractivity contribution in [3.8, 4) is 0 Å². The lowest BCUT2D eigenvalue weighted by Crippen LogP contribution is -2.48. The smallest absolute Gasteiger partial charge is 0.127 e. The predicted octanol–water partition coefficient (Wildman–Crippen LogP) is 1.48. The molecule has 2 atom stereocenters. The van der Waals surface area contributed by atoms with Gasteiger partial charge in [-0.1, -0.05) is 24.3 Å². The molecule has 0 bridgehead atoms. The Bertz CT molecular complexity index is 277. The van der Waals surface area contributed by atoms with Crippen LogP contribution in [-0.4, -0.2) is 12.2 Å². The maximum Gasteiger partial charge on any atom is 0.127 e. The van der Waals surface area contributed by atoms with Crippen LogP contribution in [0.1, 0.15) is 11.1 Å². The number of hydrogen-bond acceptors (Lipinski definition) is 2. The lowest BCUT2D eigenvalue weighted by molar-refractivity contribution is -0.465. The minimum Gasteiger partial charge on any atom is -0.230 e. The first-order valence-corrected chi connectivity index (χ1v) is 4.32. The van der Waals surface area contributed by atoms with Crippen molar-refractivity contribution in [1.29, 1.82) is 0 Å². The van der Waals surface area contributed by atoms with Crippen molar-refractivity contribution in [2.24, 2.45) is 0 Å². The number of rotatable bonds is 0. The Morgan fingerprint density at radius 1 is 0.917 bits per heavy atom. The van der Waals surface area contributed by atoms with E-state index < -0.39 is 0 Å².